The molecule has 2 aromatic carbocycles. The lowest BCUT2D eigenvalue weighted by atomic mass is 10.1. The molecule has 9 heteroatoms. The minimum absolute atomic E-state index is 0.107. The molecule has 1 aliphatic rings. The van der Waals surface area contributed by atoms with E-state index in [2.05, 4.69) is 15.5 Å². The van der Waals surface area contributed by atoms with Gasteiger partial charge in [-0.2, -0.15) is 9.41 Å². The number of benzene rings is 2. The molecule has 1 saturated heterocycles. The average Bonchev–Trinajstić information content (AvgIpc) is 3.41. The molecule has 0 saturated carbocycles. The zero-order valence-corrected chi connectivity index (χ0v) is 18.4. The van der Waals surface area contributed by atoms with Crippen LogP contribution in [0.2, 0.25) is 0 Å². The molecule has 1 N–H and O–H groups in total. The van der Waals surface area contributed by atoms with E-state index in [1.807, 2.05) is 35.8 Å². The first-order chi connectivity index (χ1) is 14.9. The van der Waals surface area contributed by atoms with Crippen molar-refractivity contribution < 1.29 is 13.2 Å². The number of carbonyl (C=O) groups excluding carboxylic acids is 1. The molecule has 0 bridgehead atoms. The Labute approximate surface area is 181 Å². The number of hydrogen-bond acceptors (Lipinski definition) is 5. The molecule has 1 aromatic heterocycles. The van der Waals surface area contributed by atoms with Gasteiger partial charge in [-0.15, -0.1) is 0 Å². The number of aromatic nitrogens is 2. The maximum absolute atomic E-state index is 12.6. The fourth-order valence-electron chi connectivity index (χ4n) is 3.73. The fraction of sp³-hybridized carbons (Fsp3) is 0.318. The molecule has 1 fully saturated rings. The van der Waals surface area contributed by atoms with Crippen molar-refractivity contribution >= 4 is 32.7 Å². The number of rotatable bonds is 6. The summed E-state index contributed by atoms with van der Waals surface area (Å²) in [5.74, 6) is 0.491. The van der Waals surface area contributed by atoms with Crippen molar-refractivity contribution in [1.82, 2.24) is 19.3 Å². The Morgan fingerprint density at radius 1 is 1.10 bits per heavy atom. The van der Waals surface area contributed by atoms with Crippen molar-refractivity contribution in [3.05, 3.63) is 59.9 Å². The van der Waals surface area contributed by atoms with Crippen molar-refractivity contribution in [1.29, 1.82) is 0 Å². The maximum Gasteiger partial charge on any atom is 0.260 e. The highest BCUT2D eigenvalue weighted by Gasteiger charge is 2.26. The number of aryl methyl sites for hydroxylation is 1. The lowest BCUT2D eigenvalue weighted by molar-refractivity contribution is -0.121. The van der Waals surface area contributed by atoms with Gasteiger partial charge in [0.15, 0.2) is 0 Å². The van der Waals surface area contributed by atoms with E-state index in [-0.39, 0.29) is 17.3 Å². The molecule has 3 aromatic rings. The quantitative estimate of drug-likeness (QED) is 0.472. The van der Waals surface area contributed by atoms with Crippen molar-refractivity contribution in [2.45, 2.75) is 38.1 Å². The van der Waals surface area contributed by atoms with Gasteiger partial charge in [0.2, 0.25) is 10.0 Å². The van der Waals surface area contributed by atoms with Crippen LogP contribution in [0.5, 0.6) is 0 Å². The minimum atomic E-state index is -3.44. The number of nitrogens with one attached hydrogen (secondary N) is 1. The Hall–Kier alpha value is -3.04. The SMILES string of the molecule is C/C(=N\NC(=O)Cn1c(C)nc2ccccc21)c1ccc(S(=O)(=O)N2CCCC2)cc1. The lowest BCUT2D eigenvalue weighted by Gasteiger charge is -2.15. The highest BCUT2D eigenvalue weighted by atomic mass is 32.2. The molecular formula is C22H25N5O3S. The molecule has 1 amide bonds. The predicted octanol–water partition coefficient (Wildman–Crippen LogP) is 2.67. The molecule has 0 aliphatic carbocycles. The Kier molecular flexibility index (Phi) is 5.88. The molecule has 1 aliphatic heterocycles. The number of amides is 1. The number of para-hydroxylation sites is 2. The summed E-state index contributed by atoms with van der Waals surface area (Å²) >= 11 is 0. The average molecular weight is 440 g/mol. The smallest absolute Gasteiger partial charge is 0.260 e. The zero-order valence-electron chi connectivity index (χ0n) is 17.6. The molecular weight excluding hydrogens is 414 g/mol. The molecule has 4 rings (SSSR count). The van der Waals surface area contributed by atoms with E-state index in [1.165, 1.54) is 4.31 Å². The van der Waals surface area contributed by atoms with Crippen molar-refractivity contribution in [2.75, 3.05) is 13.1 Å². The molecule has 2 heterocycles. The number of sulfonamides is 1. The van der Waals surface area contributed by atoms with Gasteiger partial charge in [-0.1, -0.05) is 24.3 Å². The summed E-state index contributed by atoms with van der Waals surface area (Å²) in [4.78, 5) is 17.2. The van der Waals surface area contributed by atoms with E-state index >= 15 is 0 Å². The highest BCUT2D eigenvalue weighted by Crippen LogP contribution is 2.21. The number of hydrogen-bond donors (Lipinski definition) is 1. The number of nitrogens with zero attached hydrogens (tertiary/aromatic N) is 4. The van der Waals surface area contributed by atoms with E-state index in [4.69, 9.17) is 0 Å². The largest absolute Gasteiger partial charge is 0.319 e. The fourth-order valence-corrected chi connectivity index (χ4v) is 5.25. The molecule has 0 unspecified atom stereocenters. The summed E-state index contributed by atoms with van der Waals surface area (Å²) in [5.41, 5.74) is 5.64. The summed E-state index contributed by atoms with van der Waals surface area (Å²) in [5, 5.41) is 4.18. The van der Waals surface area contributed by atoms with Gasteiger partial charge in [0.25, 0.3) is 5.91 Å². The third-order valence-corrected chi connectivity index (χ3v) is 7.38. The van der Waals surface area contributed by atoms with Crippen LogP contribution in [0, 0.1) is 6.92 Å². The van der Waals surface area contributed by atoms with Gasteiger partial charge in [0, 0.05) is 13.1 Å². The standard InChI is InChI=1S/C22H25N5O3S/c1-16(18-9-11-19(12-10-18)31(29,30)26-13-5-6-14-26)24-25-22(28)15-27-17(2)23-20-7-3-4-8-21(20)27/h3-4,7-12H,5-6,13-15H2,1-2H3,(H,25,28)/b24-16+. The van der Waals surface area contributed by atoms with Crippen molar-refractivity contribution in [2.24, 2.45) is 5.10 Å². The lowest BCUT2D eigenvalue weighted by Crippen LogP contribution is -2.27. The van der Waals surface area contributed by atoms with E-state index in [0.717, 1.165) is 35.3 Å². The van der Waals surface area contributed by atoms with Crippen LogP contribution in [0.1, 0.15) is 31.2 Å². The number of imidazole rings is 1. The van der Waals surface area contributed by atoms with Gasteiger partial charge >= 0.3 is 0 Å². The second-order valence-electron chi connectivity index (χ2n) is 7.60. The van der Waals surface area contributed by atoms with E-state index < -0.39 is 10.0 Å². The molecule has 0 spiro atoms. The number of hydrazone groups is 1. The maximum atomic E-state index is 12.6. The second kappa shape index (κ2) is 8.60. The molecule has 0 atom stereocenters. The molecule has 0 radical (unpaired) electrons. The third-order valence-electron chi connectivity index (χ3n) is 5.47. The first-order valence-electron chi connectivity index (χ1n) is 10.2. The van der Waals surface area contributed by atoms with Crippen LogP contribution in [0.25, 0.3) is 11.0 Å². The van der Waals surface area contributed by atoms with Crippen LogP contribution in [-0.4, -0.2) is 47.0 Å². The van der Waals surface area contributed by atoms with Crippen LogP contribution in [0.3, 0.4) is 0 Å². The van der Waals surface area contributed by atoms with Gasteiger partial charge in [0.05, 0.1) is 21.6 Å². The normalized spacial score (nSPS) is 15.5. The number of carbonyl (C=O) groups is 1. The van der Waals surface area contributed by atoms with Crippen LogP contribution in [0.4, 0.5) is 0 Å². The predicted molar refractivity (Wildman–Crippen MR) is 119 cm³/mol. The first kappa shape index (κ1) is 21.2. The number of fused-ring (bicyclic) bond motifs is 1. The molecule has 31 heavy (non-hydrogen) atoms. The minimum Gasteiger partial charge on any atom is -0.319 e. The van der Waals surface area contributed by atoms with Gasteiger partial charge in [-0.05, 0) is 56.5 Å². The monoisotopic (exact) mass is 439 g/mol. The summed E-state index contributed by atoms with van der Waals surface area (Å²) in [6, 6.07) is 14.3. The summed E-state index contributed by atoms with van der Waals surface area (Å²) in [6.45, 7) is 4.88. The van der Waals surface area contributed by atoms with Gasteiger partial charge in [0.1, 0.15) is 12.4 Å². The van der Waals surface area contributed by atoms with Crippen LogP contribution in [0.15, 0.2) is 58.5 Å². The van der Waals surface area contributed by atoms with Crippen LogP contribution < -0.4 is 5.43 Å². The van der Waals surface area contributed by atoms with Crippen molar-refractivity contribution in [3.63, 3.8) is 0 Å². The Balaban J connectivity index is 1.43. The molecule has 8 nitrogen and oxygen atoms in total. The van der Waals surface area contributed by atoms with E-state index in [1.54, 1.807) is 31.2 Å². The van der Waals surface area contributed by atoms with Crippen molar-refractivity contribution in [3.8, 4) is 0 Å². The summed E-state index contributed by atoms with van der Waals surface area (Å²) in [6.07, 6.45) is 1.80. The van der Waals surface area contributed by atoms with Gasteiger partial charge in [-0.3, -0.25) is 4.79 Å². The summed E-state index contributed by atoms with van der Waals surface area (Å²) < 4.78 is 28.6. The van der Waals surface area contributed by atoms with Gasteiger partial charge < -0.3 is 4.57 Å². The Bertz CT molecular complexity index is 1240. The van der Waals surface area contributed by atoms with E-state index in [9.17, 15) is 13.2 Å². The zero-order chi connectivity index (χ0) is 22.0. The topological polar surface area (TPSA) is 96.7 Å². The second-order valence-corrected chi connectivity index (χ2v) is 9.54. The van der Waals surface area contributed by atoms with E-state index in [0.29, 0.717) is 18.8 Å². The van der Waals surface area contributed by atoms with Crippen LogP contribution in [-0.2, 0) is 21.4 Å². The first-order valence-corrected chi connectivity index (χ1v) is 11.7. The highest BCUT2D eigenvalue weighted by molar-refractivity contribution is 7.89. The van der Waals surface area contributed by atoms with Crippen LogP contribution >= 0.6 is 0 Å². The van der Waals surface area contributed by atoms with Gasteiger partial charge in [-0.25, -0.2) is 18.8 Å². The Morgan fingerprint density at radius 3 is 2.48 bits per heavy atom. The molecule has 162 valence electrons. The Morgan fingerprint density at radius 2 is 1.77 bits per heavy atom. The summed E-state index contributed by atoms with van der Waals surface area (Å²) in [7, 11) is -3.44. The third kappa shape index (κ3) is 4.38.